The van der Waals surface area contributed by atoms with Gasteiger partial charge in [-0.1, -0.05) is 25.0 Å². The maximum atomic E-state index is 12.7. The molecule has 2 aliphatic carbocycles. The van der Waals surface area contributed by atoms with E-state index >= 15 is 0 Å². The minimum absolute atomic E-state index is 0. The van der Waals surface area contributed by atoms with Gasteiger partial charge in [-0.15, -0.1) is 12.4 Å². The van der Waals surface area contributed by atoms with E-state index in [4.69, 9.17) is 10.5 Å². The highest BCUT2D eigenvalue weighted by Gasteiger charge is 2.52. The number of esters is 1. The minimum Gasteiger partial charge on any atom is -0.468 e. The molecule has 2 fully saturated rings. The van der Waals surface area contributed by atoms with Crippen LogP contribution in [0.1, 0.15) is 44.1 Å². The van der Waals surface area contributed by atoms with Gasteiger partial charge < -0.3 is 10.5 Å². The van der Waals surface area contributed by atoms with E-state index < -0.39 is 21.0 Å². The van der Waals surface area contributed by atoms with Crippen molar-refractivity contribution in [3.8, 4) is 0 Å². The van der Waals surface area contributed by atoms with E-state index in [2.05, 4.69) is 4.72 Å². The highest BCUT2D eigenvalue weighted by Crippen LogP contribution is 2.49. The van der Waals surface area contributed by atoms with Crippen molar-refractivity contribution < 1.29 is 17.9 Å². The van der Waals surface area contributed by atoms with Gasteiger partial charge in [-0.05, 0) is 43.4 Å². The number of carbonyl (C=O) groups excluding carboxylic acids is 1. The van der Waals surface area contributed by atoms with Crippen LogP contribution in [-0.2, 0) is 25.0 Å². The number of carbonyl (C=O) groups is 1. The van der Waals surface area contributed by atoms with Crippen molar-refractivity contribution in [2.24, 2.45) is 5.73 Å². The van der Waals surface area contributed by atoms with Crippen molar-refractivity contribution in [3.63, 3.8) is 0 Å². The molecule has 3 N–H and O–H groups in total. The lowest BCUT2D eigenvalue weighted by Gasteiger charge is -2.28. The van der Waals surface area contributed by atoms with Crippen LogP contribution >= 0.6 is 12.4 Å². The molecule has 0 aliphatic heterocycles. The predicted octanol–water partition coefficient (Wildman–Crippen LogP) is 1.86. The molecule has 0 radical (unpaired) electrons. The molecule has 0 amide bonds. The zero-order valence-electron chi connectivity index (χ0n) is 14.3. The number of sulfonamides is 1. The Hall–Kier alpha value is -1.15. The Morgan fingerprint density at radius 2 is 1.72 bits per heavy atom. The topological polar surface area (TPSA) is 98.5 Å². The number of halogens is 1. The average molecular weight is 389 g/mol. The third-order valence-electron chi connectivity index (χ3n) is 5.35. The Bertz CT molecular complexity index is 724. The van der Waals surface area contributed by atoms with Crippen molar-refractivity contribution in [3.05, 3.63) is 29.8 Å². The van der Waals surface area contributed by atoms with E-state index in [1.165, 1.54) is 7.11 Å². The van der Waals surface area contributed by atoms with Gasteiger partial charge in [-0.2, -0.15) is 0 Å². The first-order chi connectivity index (χ1) is 11.4. The fourth-order valence-electron chi connectivity index (χ4n) is 3.63. The van der Waals surface area contributed by atoms with E-state index in [0.29, 0.717) is 6.54 Å². The Kier molecular flexibility index (Phi) is 5.83. The van der Waals surface area contributed by atoms with Crippen LogP contribution < -0.4 is 10.5 Å². The van der Waals surface area contributed by atoms with E-state index in [9.17, 15) is 13.2 Å². The lowest BCUT2D eigenvalue weighted by atomic mass is 9.96. The Balaban J connectivity index is 0.00000225. The molecular weight excluding hydrogens is 364 g/mol. The van der Waals surface area contributed by atoms with Gasteiger partial charge in [0.15, 0.2) is 0 Å². The molecule has 0 heterocycles. The van der Waals surface area contributed by atoms with Crippen molar-refractivity contribution in [2.45, 2.75) is 54.4 Å². The number of methoxy groups -OCH3 is 1. The number of nitrogens with two attached hydrogens (primary N) is 1. The van der Waals surface area contributed by atoms with Gasteiger partial charge in [0, 0.05) is 12.1 Å². The third kappa shape index (κ3) is 3.69. The number of hydrogen-bond donors (Lipinski definition) is 2. The van der Waals surface area contributed by atoms with Crippen molar-refractivity contribution in [1.29, 1.82) is 0 Å². The van der Waals surface area contributed by atoms with Crippen LogP contribution in [0.2, 0.25) is 0 Å². The number of benzene rings is 1. The zero-order valence-corrected chi connectivity index (χ0v) is 15.9. The van der Waals surface area contributed by atoms with Gasteiger partial charge in [0.1, 0.15) is 0 Å². The molecule has 1 aromatic rings. The van der Waals surface area contributed by atoms with Crippen LogP contribution in [0.15, 0.2) is 29.2 Å². The lowest BCUT2D eigenvalue weighted by Crippen LogP contribution is -2.51. The summed E-state index contributed by atoms with van der Waals surface area (Å²) in [7, 11) is -2.25. The molecule has 3 rings (SSSR count). The van der Waals surface area contributed by atoms with Crippen molar-refractivity contribution >= 4 is 28.4 Å². The molecule has 0 bridgehead atoms. The average Bonchev–Trinajstić information content (AvgIpc) is 3.28. The first-order valence-electron chi connectivity index (χ1n) is 8.31. The van der Waals surface area contributed by atoms with Crippen LogP contribution in [0.3, 0.4) is 0 Å². The second-order valence-electron chi connectivity index (χ2n) is 6.90. The van der Waals surface area contributed by atoms with Crippen LogP contribution in [0, 0.1) is 0 Å². The van der Waals surface area contributed by atoms with Gasteiger partial charge in [0.05, 0.1) is 17.4 Å². The molecule has 0 saturated heterocycles. The molecule has 8 heteroatoms. The molecule has 0 atom stereocenters. The van der Waals surface area contributed by atoms with Crippen molar-refractivity contribution in [2.75, 3.05) is 13.7 Å². The van der Waals surface area contributed by atoms with Gasteiger partial charge in [0.2, 0.25) is 10.0 Å². The maximum absolute atomic E-state index is 12.7. The molecule has 140 valence electrons. The number of rotatable bonds is 6. The second-order valence-corrected chi connectivity index (χ2v) is 8.58. The normalized spacial score (nSPS) is 20.6. The molecule has 2 saturated carbocycles. The summed E-state index contributed by atoms with van der Waals surface area (Å²) in [6.07, 6.45) is 4.99. The quantitative estimate of drug-likeness (QED) is 0.725. The molecule has 0 spiro atoms. The van der Waals surface area contributed by atoms with Gasteiger partial charge in [-0.3, -0.25) is 4.79 Å². The monoisotopic (exact) mass is 388 g/mol. The largest absolute Gasteiger partial charge is 0.468 e. The summed E-state index contributed by atoms with van der Waals surface area (Å²) in [5.41, 5.74) is 5.51. The van der Waals surface area contributed by atoms with Gasteiger partial charge >= 0.3 is 5.97 Å². The molecule has 0 aromatic heterocycles. The number of ether oxygens (including phenoxy) is 1. The van der Waals surface area contributed by atoms with E-state index in [-0.39, 0.29) is 23.3 Å². The van der Waals surface area contributed by atoms with Crippen LogP contribution in [-0.4, -0.2) is 33.6 Å². The number of hydrogen-bond acceptors (Lipinski definition) is 5. The standard InChI is InChI=1S/C17H24N2O4S.ClH/c1-23-15(20)17(10-11-17)13-4-6-14(7-5-13)24(21,22)19-16(12-18)8-2-3-9-16;/h4-7,19H,2-3,8-12,18H2,1H3;1H. The first kappa shape index (κ1) is 20.2. The SMILES string of the molecule is COC(=O)C1(c2ccc(S(=O)(=O)NC3(CN)CCCC3)cc2)CC1.Cl. The van der Waals surface area contributed by atoms with Crippen LogP contribution in [0.5, 0.6) is 0 Å². The summed E-state index contributed by atoms with van der Waals surface area (Å²) in [5, 5.41) is 0. The molecule has 0 unspecified atom stereocenters. The lowest BCUT2D eigenvalue weighted by molar-refractivity contribution is -0.143. The van der Waals surface area contributed by atoms with Gasteiger partial charge in [0.25, 0.3) is 0 Å². The Labute approximate surface area is 155 Å². The van der Waals surface area contributed by atoms with E-state index in [0.717, 1.165) is 44.1 Å². The summed E-state index contributed by atoms with van der Waals surface area (Å²) in [6, 6.07) is 6.53. The van der Waals surface area contributed by atoms with E-state index in [1.807, 2.05) is 0 Å². The molecule has 6 nitrogen and oxygen atoms in total. The number of nitrogens with one attached hydrogen (secondary N) is 1. The maximum Gasteiger partial charge on any atom is 0.316 e. The van der Waals surface area contributed by atoms with Crippen LogP contribution in [0.25, 0.3) is 0 Å². The summed E-state index contributed by atoms with van der Waals surface area (Å²) in [4.78, 5) is 12.1. The van der Waals surface area contributed by atoms with E-state index in [1.54, 1.807) is 24.3 Å². The Morgan fingerprint density at radius 1 is 1.16 bits per heavy atom. The summed E-state index contributed by atoms with van der Waals surface area (Å²) >= 11 is 0. The highest BCUT2D eigenvalue weighted by atomic mass is 35.5. The molecule has 25 heavy (non-hydrogen) atoms. The van der Waals surface area contributed by atoms with Crippen LogP contribution in [0.4, 0.5) is 0 Å². The summed E-state index contributed by atoms with van der Waals surface area (Å²) in [5.74, 6) is -0.260. The summed E-state index contributed by atoms with van der Waals surface area (Å²) < 4.78 is 33.0. The fourth-order valence-corrected chi connectivity index (χ4v) is 5.10. The minimum atomic E-state index is -3.63. The fraction of sp³-hybridized carbons (Fsp3) is 0.588. The van der Waals surface area contributed by atoms with Crippen molar-refractivity contribution in [1.82, 2.24) is 4.72 Å². The second kappa shape index (κ2) is 7.23. The first-order valence-corrected chi connectivity index (χ1v) is 9.79. The third-order valence-corrected chi connectivity index (χ3v) is 6.94. The molecule has 2 aliphatic rings. The highest BCUT2D eigenvalue weighted by molar-refractivity contribution is 7.89. The summed E-state index contributed by atoms with van der Waals surface area (Å²) in [6.45, 7) is 0.301. The Morgan fingerprint density at radius 3 is 2.16 bits per heavy atom. The molecule has 1 aromatic carbocycles. The smallest absolute Gasteiger partial charge is 0.316 e. The predicted molar refractivity (Wildman–Crippen MR) is 97.2 cm³/mol. The zero-order chi connectivity index (χ0) is 17.4. The molecular formula is C17H25ClN2O4S. The van der Waals surface area contributed by atoms with Gasteiger partial charge in [-0.25, -0.2) is 13.1 Å².